The third-order valence-electron chi connectivity index (χ3n) is 4.73. The summed E-state index contributed by atoms with van der Waals surface area (Å²) < 4.78 is 8.06. The predicted octanol–water partition coefficient (Wildman–Crippen LogP) is 4.97. The maximum absolute atomic E-state index is 11.9. The maximum atomic E-state index is 11.9. The highest BCUT2D eigenvalue weighted by atomic mass is 35.5. The molecule has 1 amide bonds. The fourth-order valence-corrected chi connectivity index (χ4v) is 3.33. The molecule has 0 unspecified atom stereocenters. The zero-order valence-corrected chi connectivity index (χ0v) is 17.8. The van der Waals surface area contributed by atoms with Gasteiger partial charge in [0.25, 0.3) is 0 Å². The van der Waals surface area contributed by atoms with Crippen LogP contribution in [0.3, 0.4) is 0 Å². The van der Waals surface area contributed by atoms with E-state index in [1.807, 2.05) is 50.2 Å². The van der Waals surface area contributed by atoms with Gasteiger partial charge in [-0.3, -0.25) is 4.79 Å². The second-order valence-electron chi connectivity index (χ2n) is 7.20. The Morgan fingerprint density at radius 3 is 2.62 bits per heavy atom. The number of halogens is 1. The van der Waals surface area contributed by atoms with E-state index in [1.54, 1.807) is 6.92 Å². The lowest BCUT2D eigenvalue weighted by molar-refractivity contribution is -0.117. The number of carbonyl (C=O) groups excluding carboxylic acids is 1. The predicted molar refractivity (Wildman–Crippen MR) is 117 cm³/mol. The minimum Gasteiger partial charge on any atom is -0.494 e. The van der Waals surface area contributed by atoms with Crippen LogP contribution < -0.4 is 10.1 Å². The third kappa shape index (κ3) is 4.98. The van der Waals surface area contributed by atoms with E-state index in [2.05, 4.69) is 21.4 Å². The Bertz CT molecular complexity index is 1030. The second-order valence-corrected chi connectivity index (χ2v) is 7.58. The molecule has 0 spiro atoms. The van der Waals surface area contributed by atoms with Crippen LogP contribution in [0.4, 0.5) is 0 Å². The summed E-state index contributed by atoms with van der Waals surface area (Å²) in [6, 6.07) is 11.9. The van der Waals surface area contributed by atoms with Gasteiger partial charge in [0, 0.05) is 17.1 Å². The van der Waals surface area contributed by atoms with Crippen LogP contribution in [0.15, 0.2) is 48.6 Å². The number of benzene rings is 2. The zero-order chi connectivity index (χ0) is 21.0. The fraction of sp³-hybridized carbons (Fsp3) is 0.304. The molecule has 0 aliphatic carbocycles. The third-order valence-corrected chi connectivity index (χ3v) is 5.33. The number of para-hydroxylation sites is 2. The summed E-state index contributed by atoms with van der Waals surface area (Å²) in [7, 11) is 0. The molecule has 3 aromatic rings. The van der Waals surface area contributed by atoms with Crippen molar-refractivity contribution in [2.75, 3.05) is 6.61 Å². The molecule has 1 heterocycles. The maximum Gasteiger partial charge on any atom is 0.246 e. The number of hydrogen-bond donors (Lipinski definition) is 1. The fourth-order valence-electron chi connectivity index (χ4n) is 3.22. The van der Waals surface area contributed by atoms with Crippen LogP contribution in [-0.4, -0.2) is 22.1 Å². The number of nitrogens with one attached hydrogen (secondary N) is 1. The summed E-state index contributed by atoms with van der Waals surface area (Å²) in [4.78, 5) is 16.5. The molecule has 0 radical (unpaired) electrons. The Hall–Kier alpha value is -2.79. The summed E-state index contributed by atoms with van der Waals surface area (Å²) in [5.41, 5.74) is 4.47. The van der Waals surface area contributed by atoms with E-state index in [-0.39, 0.29) is 5.91 Å². The minimum absolute atomic E-state index is 0.166. The van der Waals surface area contributed by atoms with Crippen molar-refractivity contribution in [3.8, 4) is 5.75 Å². The molecule has 0 aliphatic heterocycles. The van der Waals surface area contributed by atoms with Crippen LogP contribution in [-0.2, 0) is 17.9 Å². The summed E-state index contributed by atoms with van der Waals surface area (Å²) >= 11 is 6.22. The molecule has 1 N–H and O–H groups in total. The SMILES string of the molecule is C=C(C)C(=O)NCc1nc2ccccc2n1CCCOc1cc(C)c(Cl)c(C)c1. The van der Waals surface area contributed by atoms with Crippen molar-refractivity contribution in [2.45, 2.75) is 40.3 Å². The number of carbonyl (C=O) groups is 1. The molecular weight excluding hydrogens is 386 g/mol. The van der Waals surface area contributed by atoms with E-state index in [4.69, 9.17) is 16.3 Å². The Kier molecular flexibility index (Phi) is 6.60. The van der Waals surface area contributed by atoms with Crippen molar-refractivity contribution in [3.63, 3.8) is 0 Å². The normalized spacial score (nSPS) is 10.9. The molecule has 152 valence electrons. The highest BCUT2D eigenvalue weighted by Gasteiger charge is 2.12. The number of amides is 1. The van der Waals surface area contributed by atoms with Gasteiger partial charge in [0.15, 0.2) is 0 Å². The first kappa shape index (κ1) is 20.9. The van der Waals surface area contributed by atoms with E-state index in [1.165, 1.54) is 0 Å². The lowest BCUT2D eigenvalue weighted by Gasteiger charge is -2.12. The molecule has 3 rings (SSSR count). The standard InChI is InChI=1S/C23H26ClN3O2/c1-15(2)23(28)25-14-21-26-19-8-5-6-9-20(19)27(21)10-7-11-29-18-12-16(3)22(24)17(4)13-18/h5-6,8-9,12-13H,1,7,10-11,14H2,2-4H3,(H,25,28). The van der Waals surface area contributed by atoms with E-state index in [0.717, 1.165) is 51.7 Å². The molecule has 6 heteroatoms. The van der Waals surface area contributed by atoms with Crippen molar-refractivity contribution in [3.05, 3.63) is 70.5 Å². The van der Waals surface area contributed by atoms with Crippen molar-refractivity contribution in [1.29, 1.82) is 0 Å². The van der Waals surface area contributed by atoms with Gasteiger partial charge in [0.2, 0.25) is 5.91 Å². The van der Waals surface area contributed by atoms with Gasteiger partial charge in [0.1, 0.15) is 11.6 Å². The van der Waals surface area contributed by atoms with E-state index >= 15 is 0 Å². The van der Waals surface area contributed by atoms with Crippen molar-refractivity contribution in [1.82, 2.24) is 14.9 Å². The van der Waals surface area contributed by atoms with Gasteiger partial charge < -0.3 is 14.6 Å². The quantitative estimate of drug-likeness (QED) is 0.420. The Morgan fingerprint density at radius 2 is 1.93 bits per heavy atom. The molecule has 29 heavy (non-hydrogen) atoms. The molecule has 0 atom stereocenters. The van der Waals surface area contributed by atoms with Crippen LogP contribution in [0.1, 0.15) is 30.3 Å². The van der Waals surface area contributed by atoms with E-state index in [9.17, 15) is 4.79 Å². The summed E-state index contributed by atoms with van der Waals surface area (Å²) in [6.07, 6.45) is 0.808. The van der Waals surface area contributed by atoms with Crippen LogP contribution in [0.25, 0.3) is 11.0 Å². The molecule has 0 saturated heterocycles. The smallest absolute Gasteiger partial charge is 0.246 e. The summed E-state index contributed by atoms with van der Waals surface area (Å²) in [5, 5.41) is 3.65. The van der Waals surface area contributed by atoms with Crippen LogP contribution in [0.2, 0.25) is 5.02 Å². The van der Waals surface area contributed by atoms with E-state index < -0.39 is 0 Å². The molecule has 5 nitrogen and oxygen atoms in total. The number of nitrogens with zero attached hydrogens (tertiary/aromatic N) is 2. The second kappa shape index (κ2) is 9.14. The number of imidazole rings is 1. The summed E-state index contributed by atoms with van der Waals surface area (Å²) in [6.45, 7) is 11.0. The minimum atomic E-state index is -0.166. The molecule has 1 aromatic heterocycles. The number of hydrogen-bond acceptors (Lipinski definition) is 3. The molecule has 2 aromatic carbocycles. The van der Waals surface area contributed by atoms with Gasteiger partial charge in [0.05, 0.1) is 24.2 Å². The number of ether oxygens (including phenoxy) is 1. The number of fused-ring (bicyclic) bond motifs is 1. The van der Waals surface area contributed by atoms with Crippen LogP contribution in [0, 0.1) is 13.8 Å². The summed E-state index contributed by atoms with van der Waals surface area (Å²) in [5.74, 6) is 1.48. The van der Waals surface area contributed by atoms with Crippen molar-refractivity contribution in [2.24, 2.45) is 0 Å². The Labute approximate surface area is 176 Å². The van der Waals surface area contributed by atoms with Gasteiger partial charge in [-0.2, -0.15) is 0 Å². The largest absolute Gasteiger partial charge is 0.494 e. The molecule has 0 saturated carbocycles. The first-order valence-electron chi connectivity index (χ1n) is 9.64. The number of aromatic nitrogens is 2. The average molecular weight is 412 g/mol. The van der Waals surface area contributed by atoms with Crippen LogP contribution in [0.5, 0.6) is 5.75 Å². The molecule has 0 fully saturated rings. The first-order chi connectivity index (χ1) is 13.9. The lowest BCUT2D eigenvalue weighted by Crippen LogP contribution is -2.25. The monoisotopic (exact) mass is 411 g/mol. The first-order valence-corrected chi connectivity index (χ1v) is 10.0. The van der Waals surface area contributed by atoms with Gasteiger partial charge in [-0.1, -0.05) is 30.3 Å². The van der Waals surface area contributed by atoms with Gasteiger partial charge in [-0.15, -0.1) is 0 Å². The molecular formula is C23H26ClN3O2. The van der Waals surface area contributed by atoms with Gasteiger partial charge in [-0.25, -0.2) is 4.98 Å². The highest BCUT2D eigenvalue weighted by molar-refractivity contribution is 6.32. The molecule has 0 bridgehead atoms. The highest BCUT2D eigenvalue weighted by Crippen LogP contribution is 2.26. The topological polar surface area (TPSA) is 56.2 Å². The van der Waals surface area contributed by atoms with Crippen molar-refractivity contribution >= 4 is 28.5 Å². The lowest BCUT2D eigenvalue weighted by atomic mass is 10.1. The van der Waals surface area contributed by atoms with Gasteiger partial charge in [-0.05, 0) is 62.6 Å². The Morgan fingerprint density at radius 1 is 1.24 bits per heavy atom. The van der Waals surface area contributed by atoms with E-state index in [0.29, 0.717) is 18.7 Å². The van der Waals surface area contributed by atoms with Crippen molar-refractivity contribution < 1.29 is 9.53 Å². The van der Waals surface area contributed by atoms with Crippen LogP contribution >= 0.6 is 11.6 Å². The number of aryl methyl sites for hydroxylation is 3. The Balaban J connectivity index is 1.68. The van der Waals surface area contributed by atoms with Gasteiger partial charge >= 0.3 is 0 Å². The number of rotatable bonds is 8. The molecule has 0 aliphatic rings. The zero-order valence-electron chi connectivity index (χ0n) is 17.1. The average Bonchev–Trinajstić information content (AvgIpc) is 3.04.